The van der Waals surface area contributed by atoms with Gasteiger partial charge in [-0.2, -0.15) is 0 Å². The van der Waals surface area contributed by atoms with Crippen LogP contribution < -0.4 is 20.3 Å². The van der Waals surface area contributed by atoms with Gasteiger partial charge in [0, 0.05) is 30.6 Å². The van der Waals surface area contributed by atoms with Crippen LogP contribution >= 0.6 is 0 Å². The van der Waals surface area contributed by atoms with E-state index in [2.05, 4.69) is 5.32 Å². The molecule has 1 heterocycles. The summed E-state index contributed by atoms with van der Waals surface area (Å²) in [6.45, 7) is 4.03. The number of para-hydroxylation sites is 1. The van der Waals surface area contributed by atoms with E-state index in [0.29, 0.717) is 23.7 Å². The largest absolute Gasteiger partial charge is 0.493 e. The molecule has 2 aromatic carbocycles. The zero-order chi connectivity index (χ0) is 20.9. The summed E-state index contributed by atoms with van der Waals surface area (Å²) in [4.78, 5) is 12.6. The zero-order valence-electron chi connectivity index (χ0n) is 16.9. The number of benzene rings is 2. The number of rotatable bonds is 8. The van der Waals surface area contributed by atoms with Gasteiger partial charge in [0.15, 0.2) is 11.5 Å². The first kappa shape index (κ1) is 20.5. The Bertz CT molecular complexity index is 1010. The fourth-order valence-electron chi connectivity index (χ4n) is 2.78. The summed E-state index contributed by atoms with van der Waals surface area (Å²) in [5, 5.41) is 13.1. The van der Waals surface area contributed by atoms with Gasteiger partial charge in [0.05, 0.1) is 18.4 Å². The highest BCUT2D eigenvalue weighted by Gasteiger charge is 2.16. The Morgan fingerprint density at radius 3 is 2.45 bits per heavy atom. The molecule has 0 aliphatic heterocycles. The zero-order valence-corrected chi connectivity index (χ0v) is 16.9. The summed E-state index contributed by atoms with van der Waals surface area (Å²) in [6, 6.07) is 18.6. The number of methoxy groups -OCH3 is 1. The van der Waals surface area contributed by atoms with E-state index >= 15 is 0 Å². The maximum absolute atomic E-state index is 12.6. The third-order valence-corrected chi connectivity index (χ3v) is 4.26. The number of nitrogens with one attached hydrogen (secondary N) is 1. The van der Waals surface area contributed by atoms with Gasteiger partial charge in [0.25, 0.3) is 5.56 Å². The van der Waals surface area contributed by atoms with Crippen LogP contribution in [0.3, 0.4) is 0 Å². The third kappa shape index (κ3) is 5.62. The van der Waals surface area contributed by atoms with Crippen molar-refractivity contribution in [1.29, 1.82) is 0 Å². The second kappa shape index (κ2) is 8.84. The second-order valence-corrected chi connectivity index (χ2v) is 7.40. The average molecular weight is 394 g/mol. The molecule has 0 saturated carbocycles. The summed E-state index contributed by atoms with van der Waals surface area (Å²) < 4.78 is 12.6. The number of anilines is 1. The van der Waals surface area contributed by atoms with E-state index in [-0.39, 0.29) is 12.2 Å². The van der Waals surface area contributed by atoms with Crippen molar-refractivity contribution in [2.75, 3.05) is 19.0 Å². The van der Waals surface area contributed by atoms with Crippen molar-refractivity contribution in [2.45, 2.75) is 26.0 Å². The Morgan fingerprint density at radius 1 is 1.03 bits per heavy atom. The number of hydrogen-bond acceptors (Lipinski definition) is 5. The van der Waals surface area contributed by atoms with Gasteiger partial charge >= 0.3 is 0 Å². The van der Waals surface area contributed by atoms with E-state index in [1.54, 1.807) is 48.9 Å². The standard InChI is InChI=1S/C23H26N2O4/c1-23(2,27)16-29-20-10-9-19(14-21(20)28-3)25-12-11-17(13-22(25)26)15-24-18-7-5-4-6-8-18/h4-14,24,27H,15-16H2,1-3H3. The first-order valence-corrected chi connectivity index (χ1v) is 9.40. The normalized spacial score (nSPS) is 11.2. The van der Waals surface area contributed by atoms with Gasteiger partial charge in [-0.1, -0.05) is 18.2 Å². The molecule has 0 atom stereocenters. The summed E-state index contributed by atoms with van der Waals surface area (Å²) in [7, 11) is 1.54. The molecule has 0 spiro atoms. The second-order valence-electron chi connectivity index (χ2n) is 7.40. The van der Waals surface area contributed by atoms with Crippen LogP contribution in [0.4, 0.5) is 5.69 Å². The van der Waals surface area contributed by atoms with Gasteiger partial charge in [-0.25, -0.2) is 0 Å². The predicted octanol–water partition coefficient (Wildman–Crippen LogP) is 3.61. The molecule has 0 aliphatic rings. The van der Waals surface area contributed by atoms with E-state index in [1.807, 2.05) is 36.4 Å². The summed E-state index contributed by atoms with van der Waals surface area (Å²) in [5.41, 5.74) is 1.48. The van der Waals surface area contributed by atoms with Crippen molar-refractivity contribution in [3.63, 3.8) is 0 Å². The SMILES string of the molecule is COc1cc(-n2ccc(CNc3ccccc3)cc2=O)ccc1OCC(C)(C)O. The van der Waals surface area contributed by atoms with Crippen LogP contribution in [0.25, 0.3) is 5.69 Å². The average Bonchev–Trinajstić information content (AvgIpc) is 2.71. The minimum Gasteiger partial charge on any atom is -0.493 e. The molecule has 3 rings (SSSR count). The Labute approximate surface area is 170 Å². The van der Waals surface area contributed by atoms with Crippen LogP contribution in [-0.2, 0) is 6.54 Å². The van der Waals surface area contributed by atoms with Crippen LogP contribution in [0.1, 0.15) is 19.4 Å². The molecule has 0 aliphatic carbocycles. The van der Waals surface area contributed by atoms with Gasteiger partial charge in [0.1, 0.15) is 6.61 Å². The van der Waals surface area contributed by atoms with Crippen LogP contribution in [0.15, 0.2) is 71.7 Å². The Balaban J connectivity index is 1.77. The number of aromatic nitrogens is 1. The summed E-state index contributed by atoms with van der Waals surface area (Å²) in [6.07, 6.45) is 1.75. The van der Waals surface area contributed by atoms with Crippen molar-refractivity contribution in [1.82, 2.24) is 4.57 Å². The lowest BCUT2D eigenvalue weighted by Crippen LogP contribution is -2.28. The molecule has 0 bridgehead atoms. The van der Waals surface area contributed by atoms with Crippen molar-refractivity contribution < 1.29 is 14.6 Å². The first-order valence-electron chi connectivity index (χ1n) is 9.40. The molecule has 3 aromatic rings. The number of nitrogens with zero attached hydrogens (tertiary/aromatic N) is 1. The van der Waals surface area contributed by atoms with Gasteiger partial charge in [-0.05, 0) is 49.7 Å². The summed E-state index contributed by atoms with van der Waals surface area (Å²) >= 11 is 0. The molecular formula is C23H26N2O4. The van der Waals surface area contributed by atoms with Crippen molar-refractivity contribution in [2.24, 2.45) is 0 Å². The van der Waals surface area contributed by atoms with Crippen molar-refractivity contribution in [3.8, 4) is 17.2 Å². The molecular weight excluding hydrogens is 368 g/mol. The quantitative estimate of drug-likeness (QED) is 0.611. The lowest BCUT2D eigenvalue weighted by molar-refractivity contribution is 0.0276. The Hall–Kier alpha value is -3.25. The fourth-order valence-corrected chi connectivity index (χ4v) is 2.78. The highest BCUT2D eigenvalue weighted by atomic mass is 16.5. The molecule has 6 heteroatoms. The van der Waals surface area contributed by atoms with Gasteiger partial charge in [-0.15, -0.1) is 0 Å². The minimum atomic E-state index is -0.954. The monoisotopic (exact) mass is 394 g/mol. The molecule has 2 N–H and O–H groups in total. The van der Waals surface area contributed by atoms with E-state index in [1.165, 1.54) is 7.11 Å². The first-order chi connectivity index (χ1) is 13.9. The van der Waals surface area contributed by atoms with Crippen molar-refractivity contribution >= 4 is 5.69 Å². The maximum Gasteiger partial charge on any atom is 0.255 e. The van der Waals surface area contributed by atoms with E-state index in [9.17, 15) is 9.90 Å². The Kier molecular flexibility index (Phi) is 6.24. The molecule has 0 radical (unpaired) electrons. The van der Waals surface area contributed by atoms with Crippen LogP contribution in [-0.4, -0.2) is 29.0 Å². The van der Waals surface area contributed by atoms with Crippen molar-refractivity contribution in [3.05, 3.63) is 82.8 Å². The molecule has 152 valence electrons. The third-order valence-electron chi connectivity index (χ3n) is 4.26. The van der Waals surface area contributed by atoms with E-state index in [0.717, 1.165) is 11.3 Å². The van der Waals surface area contributed by atoms with Crippen LogP contribution in [0.2, 0.25) is 0 Å². The lowest BCUT2D eigenvalue weighted by atomic mass is 10.2. The topological polar surface area (TPSA) is 72.7 Å². The summed E-state index contributed by atoms with van der Waals surface area (Å²) in [5.74, 6) is 1.00. The molecule has 0 amide bonds. The maximum atomic E-state index is 12.6. The highest BCUT2D eigenvalue weighted by molar-refractivity contribution is 5.49. The molecule has 0 fully saturated rings. The number of ether oxygens (including phenoxy) is 2. The van der Waals surface area contributed by atoms with Gasteiger partial charge in [0.2, 0.25) is 0 Å². The van der Waals surface area contributed by atoms with E-state index < -0.39 is 5.60 Å². The highest BCUT2D eigenvalue weighted by Crippen LogP contribution is 2.29. The predicted molar refractivity (Wildman–Crippen MR) is 114 cm³/mol. The number of pyridine rings is 1. The minimum absolute atomic E-state index is 0.131. The molecule has 29 heavy (non-hydrogen) atoms. The Morgan fingerprint density at radius 2 is 1.79 bits per heavy atom. The van der Waals surface area contributed by atoms with Gasteiger partial charge in [-0.3, -0.25) is 9.36 Å². The van der Waals surface area contributed by atoms with Crippen LogP contribution in [0.5, 0.6) is 11.5 Å². The smallest absolute Gasteiger partial charge is 0.255 e. The van der Waals surface area contributed by atoms with Crippen LogP contribution in [0, 0.1) is 0 Å². The number of aliphatic hydroxyl groups is 1. The van der Waals surface area contributed by atoms with Gasteiger partial charge < -0.3 is 19.9 Å². The molecule has 1 aromatic heterocycles. The number of hydrogen-bond donors (Lipinski definition) is 2. The lowest BCUT2D eigenvalue weighted by Gasteiger charge is -2.19. The van der Waals surface area contributed by atoms with E-state index in [4.69, 9.17) is 9.47 Å². The molecule has 0 unspecified atom stereocenters. The fraction of sp³-hybridized carbons (Fsp3) is 0.261. The molecule has 6 nitrogen and oxygen atoms in total. The molecule has 0 saturated heterocycles.